The second kappa shape index (κ2) is 6.88. The number of aromatic amines is 1. The van der Waals surface area contributed by atoms with E-state index in [0.29, 0.717) is 24.1 Å². The summed E-state index contributed by atoms with van der Waals surface area (Å²) in [5.41, 5.74) is 3.13. The highest BCUT2D eigenvalue weighted by atomic mass is 16.5. The lowest BCUT2D eigenvalue weighted by Gasteiger charge is -2.06. The van der Waals surface area contributed by atoms with Gasteiger partial charge in [0.2, 0.25) is 0 Å². The number of rotatable bonds is 5. The second-order valence-electron chi connectivity index (χ2n) is 5.42. The Morgan fingerprint density at radius 3 is 2.96 bits per heavy atom. The zero-order chi connectivity index (χ0) is 16.9. The maximum Gasteiger partial charge on any atom is 0.251 e. The number of aromatic nitrogens is 1. The molecule has 0 saturated heterocycles. The van der Waals surface area contributed by atoms with E-state index in [-0.39, 0.29) is 5.91 Å². The van der Waals surface area contributed by atoms with E-state index in [1.165, 1.54) is 0 Å². The zero-order valence-electron chi connectivity index (χ0n) is 13.3. The van der Waals surface area contributed by atoms with Crippen LogP contribution in [0.4, 0.5) is 0 Å². The third-order valence-electron chi connectivity index (χ3n) is 3.91. The van der Waals surface area contributed by atoms with E-state index < -0.39 is 0 Å². The van der Waals surface area contributed by atoms with E-state index >= 15 is 0 Å². The van der Waals surface area contributed by atoms with E-state index in [2.05, 4.69) is 10.3 Å². The largest absolute Gasteiger partial charge is 0.497 e. The molecule has 0 radical (unpaired) electrons. The Kier molecular flexibility index (Phi) is 4.48. The van der Waals surface area contributed by atoms with Crippen molar-refractivity contribution in [1.29, 1.82) is 5.26 Å². The van der Waals surface area contributed by atoms with Crippen molar-refractivity contribution in [1.82, 2.24) is 10.3 Å². The van der Waals surface area contributed by atoms with Crippen LogP contribution in [-0.4, -0.2) is 24.5 Å². The van der Waals surface area contributed by atoms with Gasteiger partial charge in [0.05, 0.1) is 18.7 Å². The number of hydrogen-bond acceptors (Lipinski definition) is 3. The minimum atomic E-state index is -0.176. The highest BCUT2D eigenvalue weighted by Crippen LogP contribution is 2.23. The summed E-state index contributed by atoms with van der Waals surface area (Å²) in [5.74, 6) is 0.630. The summed E-state index contributed by atoms with van der Waals surface area (Å²) in [7, 11) is 1.64. The average molecular weight is 319 g/mol. The fraction of sp³-hybridized carbons (Fsp3) is 0.158. The van der Waals surface area contributed by atoms with Crippen LogP contribution in [0.2, 0.25) is 0 Å². The number of carbonyl (C=O) groups is 1. The van der Waals surface area contributed by atoms with Crippen molar-refractivity contribution in [3.63, 3.8) is 0 Å². The summed E-state index contributed by atoms with van der Waals surface area (Å²) in [4.78, 5) is 15.4. The van der Waals surface area contributed by atoms with Crippen LogP contribution in [0, 0.1) is 11.3 Å². The standard InChI is InChI=1S/C19H17N3O2/c1-24-16-5-6-18-17(10-16)15(12-22-18)7-8-21-19(23)14-4-2-3-13(9-14)11-20/h2-6,9-10,12,22H,7-8H2,1H3,(H,21,23). The smallest absolute Gasteiger partial charge is 0.251 e. The van der Waals surface area contributed by atoms with Gasteiger partial charge in [-0.2, -0.15) is 5.26 Å². The topological polar surface area (TPSA) is 77.9 Å². The van der Waals surface area contributed by atoms with Crippen molar-refractivity contribution >= 4 is 16.8 Å². The van der Waals surface area contributed by atoms with Gasteiger partial charge in [0.15, 0.2) is 0 Å². The minimum absolute atomic E-state index is 0.176. The number of amides is 1. The highest BCUT2D eigenvalue weighted by Gasteiger charge is 2.08. The predicted octanol–water partition coefficient (Wildman–Crippen LogP) is 3.02. The Hall–Kier alpha value is -3.26. The molecule has 0 spiro atoms. The molecule has 0 bridgehead atoms. The maximum absolute atomic E-state index is 12.2. The summed E-state index contributed by atoms with van der Waals surface area (Å²) in [6, 6.07) is 14.6. The van der Waals surface area contributed by atoms with Crippen LogP contribution < -0.4 is 10.1 Å². The molecule has 0 aliphatic heterocycles. The van der Waals surface area contributed by atoms with E-state index in [1.807, 2.05) is 30.5 Å². The van der Waals surface area contributed by atoms with Gasteiger partial charge in [-0.15, -0.1) is 0 Å². The quantitative estimate of drug-likeness (QED) is 0.759. The van der Waals surface area contributed by atoms with E-state index in [4.69, 9.17) is 10.00 Å². The summed E-state index contributed by atoms with van der Waals surface area (Å²) < 4.78 is 5.26. The molecule has 3 aromatic rings. The van der Waals surface area contributed by atoms with Crippen molar-refractivity contribution in [3.05, 3.63) is 65.4 Å². The van der Waals surface area contributed by atoms with Crippen LogP contribution in [0.1, 0.15) is 21.5 Å². The van der Waals surface area contributed by atoms with Gasteiger partial charge >= 0.3 is 0 Å². The fourth-order valence-corrected chi connectivity index (χ4v) is 2.63. The number of hydrogen-bond donors (Lipinski definition) is 2. The normalized spacial score (nSPS) is 10.3. The van der Waals surface area contributed by atoms with Gasteiger partial charge in [-0.1, -0.05) is 6.07 Å². The summed E-state index contributed by atoms with van der Waals surface area (Å²) in [6.07, 6.45) is 2.66. The predicted molar refractivity (Wildman–Crippen MR) is 92.0 cm³/mol. The molecule has 1 heterocycles. The first-order valence-corrected chi connectivity index (χ1v) is 7.63. The SMILES string of the molecule is COc1ccc2[nH]cc(CCNC(=O)c3cccc(C#N)c3)c2c1. The summed E-state index contributed by atoms with van der Waals surface area (Å²) in [6.45, 7) is 0.514. The number of nitriles is 1. The molecule has 3 rings (SSSR count). The van der Waals surface area contributed by atoms with Crippen LogP contribution in [0.15, 0.2) is 48.7 Å². The van der Waals surface area contributed by atoms with Gasteiger partial charge in [0.1, 0.15) is 5.75 Å². The molecule has 0 atom stereocenters. The molecule has 0 fully saturated rings. The summed E-state index contributed by atoms with van der Waals surface area (Å²) >= 11 is 0. The number of nitrogens with one attached hydrogen (secondary N) is 2. The average Bonchev–Trinajstić information content (AvgIpc) is 3.03. The van der Waals surface area contributed by atoms with Crippen LogP contribution in [0.25, 0.3) is 10.9 Å². The first-order chi connectivity index (χ1) is 11.7. The van der Waals surface area contributed by atoms with Crippen LogP contribution in [0.5, 0.6) is 5.75 Å². The number of nitrogens with zero attached hydrogens (tertiary/aromatic N) is 1. The number of methoxy groups -OCH3 is 1. The van der Waals surface area contributed by atoms with Gasteiger partial charge in [-0.25, -0.2) is 0 Å². The van der Waals surface area contributed by atoms with E-state index in [0.717, 1.165) is 22.2 Å². The van der Waals surface area contributed by atoms with E-state index in [9.17, 15) is 4.79 Å². The second-order valence-corrected chi connectivity index (χ2v) is 5.42. The van der Waals surface area contributed by atoms with E-state index in [1.54, 1.807) is 31.4 Å². The molecule has 120 valence electrons. The Morgan fingerprint density at radius 2 is 2.17 bits per heavy atom. The molecule has 0 aliphatic carbocycles. The zero-order valence-corrected chi connectivity index (χ0v) is 13.3. The van der Waals surface area contributed by atoms with Gasteiger partial charge in [-0.3, -0.25) is 4.79 Å². The molecule has 5 nitrogen and oxygen atoms in total. The Balaban J connectivity index is 1.66. The fourth-order valence-electron chi connectivity index (χ4n) is 2.63. The molecule has 2 N–H and O–H groups in total. The third kappa shape index (κ3) is 3.23. The molecule has 24 heavy (non-hydrogen) atoms. The van der Waals surface area contributed by atoms with Crippen LogP contribution in [-0.2, 0) is 6.42 Å². The Bertz CT molecular complexity index is 922. The van der Waals surface area contributed by atoms with Gasteiger partial charge < -0.3 is 15.0 Å². The van der Waals surface area contributed by atoms with Crippen molar-refractivity contribution in [3.8, 4) is 11.8 Å². The number of ether oxygens (including phenoxy) is 1. The molecule has 5 heteroatoms. The van der Waals surface area contributed by atoms with Gasteiger partial charge in [-0.05, 0) is 48.4 Å². The maximum atomic E-state index is 12.2. The number of carbonyl (C=O) groups excluding carboxylic acids is 1. The Morgan fingerprint density at radius 1 is 1.29 bits per heavy atom. The minimum Gasteiger partial charge on any atom is -0.497 e. The first kappa shape index (κ1) is 15.6. The van der Waals surface area contributed by atoms with Gasteiger partial charge in [0.25, 0.3) is 5.91 Å². The number of H-pyrrole nitrogens is 1. The molecule has 0 saturated carbocycles. The molecule has 1 amide bonds. The lowest BCUT2D eigenvalue weighted by molar-refractivity contribution is 0.0954. The van der Waals surface area contributed by atoms with Crippen molar-refractivity contribution in [2.45, 2.75) is 6.42 Å². The van der Waals surface area contributed by atoms with Crippen molar-refractivity contribution < 1.29 is 9.53 Å². The lowest BCUT2D eigenvalue weighted by atomic mass is 10.1. The third-order valence-corrected chi connectivity index (χ3v) is 3.91. The molecule has 1 aromatic heterocycles. The van der Waals surface area contributed by atoms with Gasteiger partial charge in [0, 0.05) is 29.2 Å². The Labute approximate surface area is 139 Å². The van der Waals surface area contributed by atoms with Crippen LogP contribution in [0.3, 0.4) is 0 Å². The molecule has 0 unspecified atom stereocenters. The highest BCUT2D eigenvalue weighted by molar-refractivity contribution is 5.94. The van der Waals surface area contributed by atoms with Crippen molar-refractivity contribution in [2.75, 3.05) is 13.7 Å². The molecular formula is C19H17N3O2. The lowest BCUT2D eigenvalue weighted by Crippen LogP contribution is -2.25. The van der Waals surface area contributed by atoms with Crippen molar-refractivity contribution in [2.24, 2.45) is 0 Å². The monoisotopic (exact) mass is 319 g/mol. The first-order valence-electron chi connectivity index (χ1n) is 7.63. The number of benzene rings is 2. The van der Waals surface area contributed by atoms with Crippen LogP contribution >= 0.6 is 0 Å². The molecule has 2 aromatic carbocycles. The molecular weight excluding hydrogens is 302 g/mol. The molecule has 0 aliphatic rings. The number of fused-ring (bicyclic) bond motifs is 1. The summed E-state index contributed by atoms with van der Waals surface area (Å²) in [5, 5.41) is 12.9.